The molecule has 1 aliphatic heterocycles. The Hall–Kier alpha value is -1.94. The first kappa shape index (κ1) is 22.7. The average Bonchev–Trinajstić information content (AvgIpc) is 2.91. The minimum atomic E-state index is -4.99. The average molecular weight is 517 g/mol. The first-order chi connectivity index (χ1) is 13.8. The summed E-state index contributed by atoms with van der Waals surface area (Å²) in [5, 5.41) is 0.401. The molecule has 0 radical (unpaired) electrons. The molecule has 1 fully saturated rings. The number of alkyl halides is 6. The topological polar surface area (TPSA) is 29.5 Å². The van der Waals surface area contributed by atoms with Gasteiger partial charge in [-0.1, -0.05) is 27.5 Å². The monoisotopic (exact) mass is 515 g/mol. The van der Waals surface area contributed by atoms with Gasteiger partial charge in [0.25, 0.3) is 0 Å². The molecule has 1 saturated heterocycles. The highest BCUT2D eigenvalue weighted by Gasteiger charge is 2.43. The van der Waals surface area contributed by atoms with Crippen molar-refractivity contribution in [2.75, 3.05) is 0 Å². The SMILES string of the molecule is C[C@H]1C(c2cc(C(F)(F)F)cc(C(F)(F)F)c2)OC(=O)N1Cc1cc(Cl)ccc1Br. The number of ether oxygens (including phenoxy) is 1. The van der Waals surface area contributed by atoms with Gasteiger partial charge < -0.3 is 4.74 Å². The summed E-state index contributed by atoms with van der Waals surface area (Å²) < 4.78 is 84.6. The molecule has 3 nitrogen and oxygen atoms in total. The highest BCUT2D eigenvalue weighted by atomic mass is 79.9. The lowest BCUT2D eigenvalue weighted by molar-refractivity contribution is -0.143. The standard InChI is InChI=1S/C19H13BrClF6NO2/c1-9-16(10-4-12(18(22,23)24)7-13(5-10)19(25,26)27)30-17(29)28(9)8-11-6-14(21)2-3-15(11)20/h2-7,9,16H,8H2,1H3/t9-,16?/m0/s1. The predicted molar refractivity (Wildman–Crippen MR) is 99.8 cm³/mol. The zero-order valence-electron chi connectivity index (χ0n) is 15.1. The first-order valence-electron chi connectivity index (χ1n) is 8.48. The second kappa shape index (κ2) is 7.96. The molecule has 3 rings (SSSR count). The van der Waals surface area contributed by atoms with Crippen molar-refractivity contribution in [3.05, 3.63) is 68.1 Å². The van der Waals surface area contributed by atoms with Gasteiger partial charge in [0.05, 0.1) is 23.7 Å². The van der Waals surface area contributed by atoms with E-state index in [0.29, 0.717) is 27.2 Å². The molecule has 1 heterocycles. The summed E-state index contributed by atoms with van der Waals surface area (Å²) in [5.74, 6) is 0. The Kier molecular flexibility index (Phi) is 6.03. The van der Waals surface area contributed by atoms with Crippen LogP contribution in [0.5, 0.6) is 0 Å². The first-order valence-corrected chi connectivity index (χ1v) is 9.65. The van der Waals surface area contributed by atoms with E-state index < -0.39 is 41.7 Å². The van der Waals surface area contributed by atoms with Crippen molar-refractivity contribution in [1.29, 1.82) is 0 Å². The van der Waals surface area contributed by atoms with Gasteiger partial charge in [-0.2, -0.15) is 26.3 Å². The highest BCUT2D eigenvalue weighted by molar-refractivity contribution is 9.10. The third-order valence-electron chi connectivity index (χ3n) is 4.68. The van der Waals surface area contributed by atoms with E-state index >= 15 is 0 Å². The molecular weight excluding hydrogens is 504 g/mol. The summed E-state index contributed by atoms with van der Waals surface area (Å²) in [6.45, 7) is 1.49. The van der Waals surface area contributed by atoms with Gasteiger partial charge in [-0.15, -0.1) is 0 Å². The van der Waals surface area contributed by atoms with Crippen LogP contribution in [-0.2, 0) is 23.6 Å². The third kappa shape index (κ3) is 4.69. The van der Waals surface area contributed by atoms with Crippen LogP contribution >= 0.6 is 27.5 Å². The largest absolute Gasteiger partial charge is 0.439 e. The second-order valence-corrected chi connectivity index (χ2v) is 8.04. The summed E-state index contributed by atoms with van der Waals surface area (Å²) in [6, 6.07) is 5.21. The van der Waals surface area contributed by atoms with Crippen molar-refractivity contribution in [1.82, 2.24) is 4.90 Å². The van der Waals surface area contributed by atoms with Crippen LogP contribution in [0.2, 0.25) is 5.02 Å². The molecule has 2 aromatic rings. The maximum absolute atomic E-state index is 13.1. The number of hydrogen-bond acceptors (Lipinski definition) is 2. The number of carbonyl (C=O) groups excluding carboxylic acids is 1. The van der Waals surface area contributed by atoms with Crippen LogP contribution in [0, 0.1) is 0 Å². The Morgan fingerprint density at radius 3 is 2.13 bits per heavy atom. The molecule has 11 heteroatoms. The molecule has 0 bridgehead atoms. The van der Waals surface area contributed by atoms with E-state index in [1.54, 1.807) is 18.2 Å². The number of hydrogen-bond donors (Lipinski definition) is 0. The highest BCUT2D eigenvalue weighted by Crippen LogP contribution is 2.41. The molecule has 0 N–H and O–H groups in total. The lowest BCUT2D eigenvalue weighted by Crippen LogP contribution is -2.31. The van der Waals surface area contributed by atoms with Gasteiger partial charge in [-0.05, 0) is 54.4 Å². The Balaban J connectivity index is 1.97. The number of halogens is 8. The summed E-state index contributed by atoms with van der Waals surface area (Å²) in [6.07, 6.45) is -12.1. The number of nitrogens with zero attached hydrogens (tertiary/aromatic N) is 1. The van der Waals surface area contributed by atoms with E-state index in [-0.39, 0.29) is 18.2 Å². The second-order valence-electron chi connectivity index (χ2n) is 6.75. The molecule has 162 valence electrons. The van der Waals surface area contributed by atoms with Gasteiger partial charge in [0, 0.05) is 9.50 Å². The Morgan fingerprint density at radius 2 is 1.60 bits per heavy atom. The molecule has 1 aliphatic rings. The summed E-state index contributed by atoms with van der Waals surface area (Å²) in [7, 11) is 0. The normalized spacial score (nSPS) is 19.9. The van der Waals surface area contributed by atoms with Crippen molar-refractivity contribution in [3.8, 4) is 0 Å². The Bertz CT molecular complexity index is 946. The predicted octanol–water partition coefficient (Wildman–Crippen LogP) is 7.22. The van der Waals surface area contributed by atoms with Crippen molar-refractivity contribution in [2.24, 2.45) is 0 Å². The molecule has 1 unspecified atom stereocenters. The molecule has 30 heavy (non-hydrogen) atoms. The molecule has 0 spiro atoms. The molecule has 0 saturated carbocycles. The zero-order chi connectivity index (χ0) is 22.4. The van der Waals surface area contributed by atoms with E-state index in [4.69, 9.17) is 16.3 Å². The van der Waals surface area contributed by atoms with Crippen LogP contribution in [-0.4, -0.2) is 17.0 Å². The maximum atomic E-state index is 13.1. The minimum absolute atomic E-state index is 0.00271. The Labute approximate surface area is 180 Å². The van der Waals surface area contributed by atoms with Crippen molar-refractivity contribution in [3.63, 3.8) is 0 Å². The minimum Gasteiger partial charge on any atom is -0.439 e. The van der Waals surface area contributed by atoms with Gasteiger partial charge in [-0.3, -0.25) is 4.90 Å². The molecule has 2 atom stereocenters. The van der Waals surface area contributed by atoms with E-state index in [1.807, 2.05) is 0 Å². The smallest absolute Gasteiger partial charge is 0.416 e. The quantitative estimate of drug-likeness (QED) is 0.403. The fraction of sp³-hybridized carbons (Fsp3) is 0.316. The van der Waals surface area contributed by atoms with Crippen molar-refractivity contribution in [2.45, 2.75) is 38.0 Å². The summed E-state index contributed by atoms with van der Waals surface area (Å²) >= 11 is 9.26. The molecule has 0 aromatic heterocycles. The van der Waals surface area contributed by atoms with Gasteiger partial charge in [0.15, 0.2) is 0 Å². The lowest BCUT2D eigenvalue weighted by Gasteiger charge is -2.23. The summed E-state index contributed by atoms with van der Waals surface area (Å²) in [4.78, 5) is 13.6. The van der Waals surface area contributed by atoms with E-state index in [9.17, 15) is 31.1 Å². The van der Waals surface area contributed by atoms with Crippen molar-refractivity contribution >= 4 is 33.6 Å². The molecular formula is C19H13BrClF6NO2. The van der Waals surface area contributed by atoms with Gasteiger partial charge >= 0.3 is 18.4 Å². The number of carbonyl (C=O) groups is 1. The van der Waals surface area contributed by atoms with Crippen LogP contribution in [0.25, 0.3) is 0 Å². The van der Waals surface area contributed by atoms with Gasteiger partial charge in [0.1, 0.15) is 6.10 Å². The number of cyclic esters (lactones) is 1. The molecule has 2 aromatic carbocycles. The van der Waals surface area contributed by atoms with E-state index in [2.05, 4.69) is 15.9 Å². The Morgan fingerprint density at radius 1 is 1.03 bits per heavy atom. The molecule has 0 aliphatic carbocycles. The molecule has 1 amide bonds. The van der Waals surface area contributed by atoms with Gasteiger partial charge in [0.2, 0.25) is 0 Å². The number of rotatable bonds is 3. The van der Waals surface area contributed by atoms with Crippen molar-refractivity contribution < 1.29 is 35.9 Å². The number of benzene rings is 2. The third-order valence-corrected chi connectivity index (χ3v) is 5.69. The van der Waals surface area contributed by atoms with Crippen LogP contribution in [0.4, 0.5) is 31.1 Å². The van der Waals surface area contributed by atoms with Gasteiger partial charge in [-0.25, -0.2) is 4.79 Å². The number of amides is 1. The van der Waals surface area contributed by atoms with Crippen LogP contribution in [0.3, 0.4) is 0 Å². The fourth-order valence-electron chi connectivity index (χ4n) is 3.15. The van der Waals surface area contributed by atoms with E-state index in [0.717, 1.165) is 0 Å². The fourth-order valence-corrected chi connectivity index (χ4v) is 3.72. The van der Waals surface area contributed by atoms with Crippen LogP contribution in [0.15, 0.2) is 40.9 Å². The van der Waals surface area contributed by atoms with E-state index in [1.165, 1.54) is 11.8 Å². The maximum Gasteiger partial charge on any atom is 0.416 e. The summed E-state index contributed by atoms with van der Waals surface area (Å²) in [5.41, 5.74) is -2.71. The lowest BCUT2D eigenvalue weighted by atomic mass is 9.97. The van der Waals surface area contributed by atoms with Crippen LogP contribution < -0.4 is 0 Å². The zero-order valence-corrected chi connectivity index (χ0v) is 17.5. The van der Waals surface area contributed by atoms with Crippen LogP contribution in [0.1, 0.15) is 35.3 Å².